The number of hydrogen-bond acceptors (Lipinski definition) is 3. The molecule has 2 aromatic rings. The van der Waals surface area contributed by atoms with Gasteiger partial charge in [-0.1, -0.05) is 0 Å². The normalized spacial score (nSPS) is 10.3. The van der Waals surface area contributed by atoms with Crippen molar-refractivity contribution in [3.05, 3.63) is 41.7 Å². The standard InChI is InChI=1S/C12H11NO3/c1-2-16-12(15)11-6-5-9(8-14)10-4-3-7-13(10)11/h3-8H,2H2,1H3. The van der Waals surface area contributed by atoms with Gasteiger partial charge in [0.2, 0.25) is 0 Å². The summed E-state index contributed by atoms with van der Waals surface area (Å²) in [6.45, 7) is 2.08. The second kappa shape index (κ2) is 4.18. The molecule has 0 bridgehead atoms. The van der Waals surface area contributed by atoms with Crippen molar-refractivity contribution in [1.82, 2.24) is 4.40 Å². The van der Waals surface area contributed by atoms with E-state index in [1.165, 1.54) is 0 Å². The van der Waals surface area contributed by atoms with Crippen LogP contribution in [0.25, 0.3) is 5.52 Å². The quantitative estimate of drug-likeness (QED) is 0.583. The molecule has 4 heteroatoms. The lowest BCUT2D eigenvalue weighted by atomic mass is 10.2. The molecule has 4 nitrogen and oxygen atoms in total. The van der Waals surface area contributed by atoms with Gasteiger partial charge in [-0.3, -0.25) is 4.79 Å². The summed E-state index contributed by atoms with van der Waals surface area (Å²) in [6, 6.07) is 6.78. The molecule has 0 aliphatic heterocycles. The first-order chi connectivity index (χ1) is 7.77. The lowest BCUT2D eigenvalue weighted by Crippen LogP contribution is -2.10. The van der Waals surface area contributed by atoms with Crippen LogP contribution in [-0.4, -0.2) is 23.3 Å². The first-order valence-corrected chi connectivity index (χ1v) is 5.00. The van der Waals surface area contributed by atoms with E-state index in [0.29, 0.717) is 23.4 Å². The van der Waals surface area contributed by atoms with Crippen molar-refractivity contribution in [3.63, 3.8) is 0 Å². The maximum absolute atomic E-state index is 11.6. The molecule has 0 aromatic carbocycles. The van der Waals surface area contributed by atoms with Crippen LogP contribution in [-0.2, 0) is 4.74 Å². The number of aldehydes is 1. The Balaban J connectivity index is 2.59. The third-order valence-corrected chi connectivity index (χ3v) is 2.34. The number of pyridine rings is 1. The zero-order chi connectivity index (χ0) is 11.5. The van der Waals surface area contributed by atoms with Gasteiger partial charge in [0, 0.05) is 11.8 Å². The van der Waals surface area contributed by atoms with E-state index in [4.69, 9.17) is 4.74 Å². The molecule has 0 saturated carbocycles. The van der Waals surface area contributed by atoms with Crippen molar-refractivity contribution in [2.75, 3.05) is 6.61 Å². The Labute approximate surface area is 92.4 Å². The minimum Gasteiger partial charge on any atom is -0.461 e. The summed E-state index contributed by atoms with van der Waals surface area (Å²) in [5.41, 5.74) is 1.69. The van der Waals surface area contributed by atoms with Crippen LogP contribution in [0, 0.1) is 0 Å². The van der Waals surface area contributed by atoms with Gasteiger partial charge in [0.15, 0.2) is 6.29 Å². The summed E-state index contributed by atoms with van der Waals surface area (Å²) in [7, 11) is 0. The Bertz CT molecular complexity index is 542. The zero-order valence-electron chi connectivity index (χ0n) is 8.84. The maximum Gasteiger partial charge on any atom is 0.355 e. The smallest absolute Gasteiger partial charge is 0.355 e. The van der Waals surface area contributed by atoms with Gasteiger partial charge < -0.3 is 9.14 Å². The van der Waals surface area contributed by atoms with Crippen molar-refractivity contribution in [2.45, 2.75) is 6.92 Å². The Morgan fingerprint density at radius 1 is 1.44 bits per heavy atom. The molecule has 0 aliphatic carbocycles. The van der Waals surface area contributed by atoms with Crippen LogP contribution in [0.1, 0.15) is 27.8 Å². The number of fused-ring (bicyclic) bond motifs is 1. The Morgan fingerprint density at radius 2 is 2.25 bits per heavy atom. The van der Waals surface area contributed by atoms with Gasteiger partial charge in [0.05, 0.1) is 12.1 Å². The fourth-order valence-corrected chi connectivity index (χ4v) is 1.63. The van der Waals surface area contributed by atoms with E-state index in [2.05, 4.69) is 0 Å². The summed E-state index contributed by atoms with van der Waals surface area (Å²) in [4.78, 5) is 22.4. The van der Waals surface area contributed by atoms with Gasteiger partial charge in [-0.15, -0.1) is 0 Å². The van der Waals surface area contributed by atoms with Crippen molar-refractivity contribution in [3.8, 4) is 0 Å². The molecule has 0 N–H and O–H groups in total. The predicted octanol–water partition coefficient (Wildman–Crippen LogP) is 1.93. The molecule has 0 radical (unpaired) electrons. The second-order valence-corrected chi connectivity index (χ2v) is 3.28. The molecular weight excluding hydrogens is 206 g/mol. The van der Waals surface area contributed by atoms with Crippen LogP contribution in [0.3, 0.4) is 0 Å². The molecule has 0 fully saturated rings. The van der Waals surface area contributed by atoms with Crippen molar-refractivity contribution >= 4 is 17.8 Å². The van der Waals surface area contributed by atoms with E-state index in [0.717, 1.165) is 6.29 Å². The predicted molar refractivity (Wildman–Crippen MR) is 58.7 cm³/mol. The van der Waals surface area contributed by atoms with Gasteiger partial charge in [-0.05, 0) is 31.2 Å². The van der Waals surface area contributed by atoms with E-state index in [1.807, 2.05) is 0 Å². The largest absolute Gasteiger partial charge is 0.461 e. The molecule has 0 spiro atoms. The monoisotopic (exact) mass is 217 g/mol. The number of esters is 1. The first-order valence-electron chi connectivity index (χ1n) is 5.00. The molecule has 0 atom stereocenters. The minimum absolute atomic E-state index is 0.330. The first kappa shape index (κ1) is 10.4. The average Bonchev–Trinajstić information content (AvgIpc) is 2.76. The third-order valence-electron chi connectivity index (χ3n) is 2.34. The Morgan fingerprint density at radius 3 is 2.94 bits per heavy atom. The van der Waals surface area contributed by atoms with E-state index < -0.39 is 0 Å². The summed E-state index contributed by atoms with van der Waals surface area (Å²) < 4.78 is 6.59. The van der Waals surface area contributed by atoms with Crippen molar-refractivity contribution < 1.29 is 14.3 Å². The number of hydrogen-bond donors (Lipinski definition) is 0. The Hall–Kier alpha value is -2.10. The summed E-state index contributed by atoms with van der Waals surface area (Å²) in [6.07, 6.45) is 2.50. The van der Waals surface area contributed by atoms with Crippen molar-refractivity contribution in [1.29, 1.82) is 0 Å². The van der Waals surface area contributed by atoms with E-state index in [-0.39, 0.29) is 5.97 Å². The molecular formula is C12H11NO3. The molecule has 2 aromatic heterocycles. The van der Waals surface area contributed by atoms with Crippen LogP contribution >= 0.6 is 0 Å². The SMILES string of the molecule is CCOC(=O)c1ccc(C=O)c2cccn12. The summed E-state index contributed by atoms with van der Waals surface area (Å²) >= 11 is 0. The Kier molecular flexibility index (Phi) is 2.72. The molecule has 16 heavy (non-hydrogen) atoms. The average molecular weight is 217 g/mol. The molecule has 0 aliphatic rings. The van der Waals surface area contributed by atoms with Crippen LogP contribution in [0.2, 0.25) is 0 Å². The van der Waals surface area contributed by atoms with Gasteiger partial charge in [0.25, 0.3) is 0 Å². The molecule has 0 amide bonds. The lowest BCUT2D eigenvalue weighted by molar-refractivity contribution is 0.0517. The van der Waals surface area contributed by atoms with Crippen LogP contribution in [0.4, 0.5) is 0 Å². The number of rotatable bonds is 3. The summed E-state index contributed by atoms with van der Waals surface area (Å²) in [5.74, 6) is -0.388. The molecule has 2 rings (SSSR count). The van der Waals surface area contributed by atoms with Gasteiger partial charge >= 0.3 is 5.97 Å². The molecule has 2 heterocycles. The number of carbonyl (C=O) groups excluding carboxylic acids is 2. The minimum atomic E-state index is -0.388. The van der Waals surface area contributed by atoms with E-state index in [9.17, 15) is 9.59 Å². The number of nitrogens with zero attached hydrogens (tertiary/aromatic N) is 1. The summed E-state index contributed by atoms with van der Waals surface area (Å²) in [5, 5.41) is 0. The van der Waals surface area contributed by atoms with Gasteiger partial charge in [-0.2, -0.15) is 0 Å². The van der Waals surface area contributed by atoms with Gasteiger partial charge in [-0.25, -0.2) is 4.79 Å². The zero-order valence-corrected chi connectivity index (χ0v) is 8.84. The fraction of sp³-hybridized carbons (Fsp3) is 0.167. The highest BCUT2D eigenvalue weighted by Crippen LogP contribution is 2.14. The highest BCUT2D eigenvalue weighted by atomic mass is 16.5. The number of aromatic nitrogens is 1. The van der Waals surface area contributed by atoms with Crippen LogP contribution in [0.5, 0.6) is 0 Å². The third kappa shape index (κ3) is 1.58. The topological polar surface area (TPSA) is 47.8 Å². The lowest BCUT2D eigenvalue weighted by Gasteiger charge is -2.06. The van der Waals surface area contributed by atoms with E-state index in [1.54, 1.807) is 41.8 Å². The fourth-order valence-electron chi connectivity index (χ4n) is 1.63. The van der Waals surface area contributed by atoms with Crippen LogP contribution in [0.15, 0.2) is 30.5 Å². The van der Waals surface area contributed by atoms with Crippen LogP contribution < -0.4 is 0 Å². The number of carbonyl (C=O) groups is 2. The maximum atomic E-state index is 11.6. The van der Waals surface area contributed by atoms with E-state index >= 15 is 0 Å². The second-order valence-electron chi connectivity index (χ2n) is 3.28. The van der Waals surface area contributed by atoms with Gasteiger partial charge in [0.1, 0.15) is 5.69 Å². The molecule has 82 valence electrons. The molecule has 0 saturated heterocycles. The highest BCUT2D eigenvalue weighted by molar-refractivity contribution is 5.92. The highest BCUT2D eigenvalue weighted by Gasteiger charge is 2.12. The van der Waals surface area contributed by atoms with Crippen molar-refractivity contribution in [2.24, 2.45) is 0 Å². The molecule has 0 unspecified atom stereocenters. The number of ether oxygens (including phenoxy) is 1.